The van der Waals surface area contributed by atoms with Crippen molar-refractivity contribution < 1.29 is 18.0 Å². The van der Waals surface area contributed by atoms with Crippen LogP contribution in [0, 0.1) is 20.8 Å². The molecule has 0 saturated heterocycles. The van der Waals surface area contributed by atoms with Crippen LogP contribution in [0.1, 0.15) is 42.5 Å². The second kappa shape index (κ2) is 12.7. The topological polar surface area (TPSA) is 86.8 Å². The Balaban J connectivity index is 2.04. The molecule has 3 rings (SSSR count). The number of rotatable bonds is 11. The maximum absolute atomic E-state index is 13.9. The van der Waals surface area contributed by atoms with Crippen molar-refractivity contribution in [1.82, 2.24) is 10.2 Å². The number of hydrogen-bond donors (Lipinski definition) is 1. The van der Waals surface area contributed by atoms with E-state index in [2.05, 4.69) is 5.32 Å². The van der Waals surface area contributed by atoms with Gasteiger partial charge < -0.3 is 10.2 Å². The molecule has 0 aromatic heterocycles. The maximum atomic E-state index is 13.9. The van der Waals surface area contributed by atoms with Gasteiger partial charge >= 0.3 is 0 Å². The lowest BCUT2D eigenvalue weighted by Gasteiger charge is -2.32. The number of carbonyl (C=O) groups excluding carboxylic acids is 2. The molecule has 1 N–H and O–H groups in total. The van der Waals surface area contributed by atoms with Gasteiger partial charge in [0.2, 0.25) is 11.8 Å². The summed E-state index contributed by atoms with van der Waals surface area (Å²) in [7, 11) is -4.07. The van der Waals surface area contributed by atoms with E-state index < -0.39 is 28.5 Å². The Kier molecular flexibility index (Phi) is 9.69. The lowest BCUT2D eigenvalue weighted by molar-refractivity contribution is -0.139. The molecule has 0 aliphatic rings. The highest BCUT2D eigenvalue weighted by molar-refractivity contribution is 7.92. The van der Waals surface area contributed by atoms with E-state index in [1.165, 1.54) is 17.0 Å². The number of hydrogen-bond acceptors (Lipinski definition) is 4. The van der Waals surface area contributed by atoms with Crippen LogP contribution in [0.4, 0.5) is 5.69 Å². The number of benzene rings is 3. The van der Waals surface area contributed by atoms with Crippen LogP contribution in [0.25, 0.3) is 0 Å². The Morgan fingerprint density at radius 2 is 1.53 bits per heavy atom. The molecule has 3 aromatic carbocycles. The predicted octanol–water partition coefficient (Wildman–Crippen LogP) is 4.75. The van der Waals surface area contributed by atoms with Gasteiger partial charge in [0.05, 0.1) is 10.6 Å². The number of aryl methyl sites for hydroxylation is 3. The second-order valence-electron chi connectivity index (χ2n) is 9.65. The smallest absolute Gasteiger partial charge is 0.264 e. The average Bonchev–Trinajstić information content (AvgIpc) is 2.88. The molecular formula is C30H37N3O4S. The molecule has 38 heavy (non-hydrogen) atoms. The van der Waals surface area contributed by atoms with Crippen LogP contribution in [0.2, 0.25) is 0 Å². The first kappa shape index (κ1) is 28.9. The first-order valence-corrected chi connectivity index (χ1v) is 14.3. The number of carbonyl (C=O) groups is 2. The van der Waals surface area contributed by atoms with Crippen molar-refractivity contribution in [2.75, 3.05) is 17.4 Å². The minimum atomic E-state index is -4.07. The van der Waals surface area contributed by atoms with E-state index in [1.54, 1.807) is 37.3 Å². The van der Waals surface area contributed by atoms with Gasteiger partial charge in [-0.05, 0) is 75.1 Å². The minimum Gasteiger partial charge on any atom is -0.354 e. The summed E-state index contributed by atoms with van der Waals surface area (Å²) >= 11 is 0. The molecule has 0 saturated carbocycles. The van der Waals surface area contributed by atoms with Crippen molar-refractivity contribution in [1.29, 1.82) is 0 Å². The summed E-state index contributed by atoms with van der Waals surface area (Å²) in [6.45, 7) is 9.58. The molecule has 0 unspecified atom stereocenters. The van der Waals surface area contributed by atoms with Gasteiger partial charge in [0.25, 0.3) is 10.0 Å². The standard InChI is InChI=1S/C30H37N3O4S/c1-6-15-31-30(35)25(5)32(20-26-12-10-11-22(2)17-26)29(34)21-33(27-18-23(3)16-24(4)19-27)38(36,37)28-13-8-7-9-14-28/h7-14,16-19,25H,6,15,20-21H2,1-5H3,(H,31,35)/t25-/m1/s1. The molecule has 3 aromatic rings. The fourth-order valence-corrected chi connectivity index (χ4v) is 5.75. The molecule has 0 bridgehead atoms. The van der Waals surface area contributed by atoms with Crippen LogP contribution >= 0.6 is 0 Å². The first-order chi connectivity index (χ1) is 18.0. The predicted molar refractivity (Wildman–Crippen MR) is 151 cm³/mol. The average molecular weight is 536 g/mol. The summed E-state index contributed by atoms with van der Waals surface area (Å²) < 4.78 is 28.8. The molecule has 7 nitrogen and oxygen atoms in total. The second-order valence-corrected chi connectivity index (χ2v) is 11.5. The largest absolute Gasteiger partial charge is 0.354 e. The van der Waals surface area contributed by atoms with Crippen LogP contribution < -0.4 is 9.62 Å². The van der Waals surface area contributed by atoms with Crippen molar-refractivity contribution in [3.05, 3.63) is 95.1 Å². The molecule has 8 heteroatoms. The number of nitrogens with zero attached hydrogens (tertiary/aromatic N) is 2. The van der Waals surface area contributed by atoms with Gasteiger partial charge in [-0.3, -0.25) is 13.9 Å². The maximum Gasteiger partial charge on any atom is 0.264 e. The monoisotopic (exact) mass is 535 g/mol. The van der Waals surface area contributed by atoms with Gasteiger partial charge in [0.1, 0.15) is 12.6 Å². The molecule has 0 fully saturated rings. The summed E-state index contributed by atoms with van der Waals surface area (Å²) in [5, 5.41) is 2.86. The number of sulfonamides is 1. The molecule has 0 aliphatic carbocycles. The molecule has 1 atom stereocenters. The van der Waals surface area contributed by atoms with Gasteiger partial charge in [-0.1, -0.05) is 61.0 Å². The normalized spacial score (nSPS) is 12.0. The minimum absolute atomic E-state index is 0.0888. The summed E-state index contributed by atoms with van der Waals surface area (Å²) in [5.41, 5.74) is 4.05. The van der Waals surface area contributed by atoms with Gasteiger partial charge in [0.15, 0.2) is 0 Å². The van der Waals surface area contributed by atoms with Crippen molar-refractivity contribution in [3.8, 4) is 0 Å². The fourth-order valence-electron chi connectivity index (χ4n) is 4.33. The van der Waals surface area contributed by atoms with Crippen molar-refractivity contribution >= 4 is 27.5 Å². The Morgan fingerprint density at radius 3 is 2.13 bits per heavy atom. The van der Waals surface area contributed by atoms with E-state index in [4.69, 9.17) is 0 Å². The zero-order chi connectivity index (χ0) is 27.9. The SMILES string of the molecule is CCCNC(=O)[C@@H](C)N(Cc1cccc(C)c1)C(=O)CN(c1cc(C)cc(C)c1)S(=O)(=O)c1ccccc1. The third-order valence-electron chi connectivity index (χ3n) is 6.26. The van der Waals surface area contributed by atoms with Crippen LogP contribution in [-0.2, 0) is 26.2 Å². The van der Waals surface area contributed by atoms with Crippen LogP contribution in [0.15, 0.2) is 77.7 Å². The first-order valence-electron chi connectivity index (χ1n) is 12.8. The summed E-state index contributed by atoms with van der Waals surface area (Å²) in [5.74, 6) is -0.749. The van der Waals surface area contributed by atoms with Gasteiger partial charge in [-0.15, -0.1) is 0 Å². The summed E-state index contributed by atoms with van der Waals surface area (Å²) in [6.07, 6.45) is 0.764. The van der Waals surface area contributed by atoms with Crippen LogP contribution in [-0.4, -0.2) is 44.3 Å². The lowest BCUT2D eigenvalue weighted by atomic mass is 10.1. The van der Waals surface area contributed by atoms with E-state index in [9.17, 15) is 18.0 Å². The summed E-state index contributed by atoms with van der Waals surface area (Å²) in [4.78, 5) is 28.4. The van der Waals surface area contributed by atoms with E-state index in [0.717, 1.165) is 33.0 Å². The third-order valence-corrected chi connectivity index (χ3v) is 8.04. The summed E-state index contributed by atoms with van der Waals surface area (Å²) in [6, 6.07) is 20.4. The molecule has 0 aliphatic heterocycles. The molecular weight excluding hydrogens is 498 g/mol. The van der Waals surface area contributed by atoms with Gasteiger partial charge in [-0.25, -0.2) is 8.42 Å². The Morgan fingerprint density at radius 1 is 0.868 bits per heavy atom. The highest BCUT2D eigenvalue weighted by atomic mass is 32.2. The van der Waals surface area contributed by atoms with Crippen LogP contribution in [0.5, 0.6) is 0 Å². The number of nitrogens with one attached hydrogen (secondary N) is 1. The van der Waals surface area contributed by atoms with Crippen molar-refractivity contribution in [3.63, 3.8) is 0 Å². The highest BCUT2D eigenvalue weighted by Gasteiger charge is 2.32. The molecule has 2 amide bonds. The van der Waals surface area contributed by atoms with Crippen molar-refractivity contribution in [2.24, 2.45) is 0 Å². The zero-order valence-electron chi connectivity index (χ0n) is 22.8. The number of amides is 2. The van der Waals surface area contributed by atoms with E-state index >= 15 is 0 Å². The molecule has 0 heterocycles. The Labute approximate surface area is 226 Å². The Bertz CT molecular complexity index is 1350. The third kappa shape index (κ3) is 7.22. The van der Waals surface area contributed by atoms with E-state index in [1.807, 2.05) is 58.0 Å². The van der Waals surface area contributed by atoms with Crippen LogP contribution in [0.3, 0.4) is 0 Å². The quantitative estimate of drug-likeness (QED) is 0.384. The fraction of sp³-hybridized carbons (Fsp3) is 0.333. The zero-order valence-corrected chi connectivity index (χ0v) is 23.6. The van der Waals surface area contributed by atoms with Gasteiger partial charge in [-0.2, -0.15) is 0 Å². The number of anilines is 1. The molecule has 0 radical (unpaired) electrons. The molecule has 0 spiro atoms. The highest BCUT2D eigenvalue weighted by Crippen LogP contribution is 2.26. The van der Waals surface area contributed by atoms with Gasteiger partial charge in [0, 0.05) is 13.1 Å². The van der Waals surface area contributed by atoms with E-state index in [-0.39, 0.29) is 17.3 Å². The molecule has 202 valence electrons. The van der Waals surface area contributed by atoms with Crippen molar-refractivity contribution in [2.45, 2.75) is 58.5 Å². The lowest BCUT2D eigenvalue weighted by Crippen LogP contribution is -2.51. The Hall–Kier alpha value is -3.65. The van der Waals surface area contributed by atoms with E-state index in [0.29, 0.717) is 12.2 Å².